The summed E-state index contributed by atoms with van der Waals surface area (Å²) in [4.78, 5) is 12.2. The number of hydrogen-bond acceptors (Lipinski definition) is 2. The van der Waals surface area contributed by atoms with Crippen molar-refractivity contribution >= 4 is 44.4 Å². The van der Waals surface area contributed by atoms with Gasteiger partial charge in [0.15, 0.2) is 0 Å². The Hall–Kier alpha value is -0.140. The van der Waals surface area contributed by atoms with Crippen molar-refractivity contribution in [2.75, 3.05) is 0 Å². The molecule has 2 unspecified atom stereocenters. The fourth-order valence-corrected chi connectivity index (χ4v) is 3.17. The Morgan fingerprint density at radius 3 is 2.83 bits per heavy atom. The number of carbonyl (C=O) groups excluding carboxylic acids is 1. The number of halogens is 2. The van der Waals surface area contributed by atoms with Crippen molar-refractivity contribution < 1.29 is 4.79 Å². The fourth-order valence-electron chi connectivity index (χ4n) is 2.26. The van der Waals surface area contributed by atoms with Crippen LogP contribution in [0.5, 0.6) is 0 Å². The van der Waals surface area contributed by atoms with Gasteiger partial charge in [-0.2, -0.15) is 0 Å². The van der Waals surface area contributed by atoms with E-state index in [4.69, 9.17) is 5.73 Å². The van der Waals surface area contributed by atoms with Crippen LogP contribution in [0.4, 0.5) is 0 Å². The minimum Gasteiger partial charge on any atom is -0.348 e. The third-order valence-corrected chi connectivity index (χ3v) is 4.67. The lowest BCUT2D eigenvalue weighted by molar-refractivity contribution is 0.0920. The number of carbonyl (C=O) groups is 1. The van der Waals surface area contributed by atoms with Crippen LogP contribution in [0.2, 0.25) is 0 Å². The Kier molecular flexibility index (Phi) is 5.03. The molecule has 1 aliphatic carbocycles. The van der Waals surface area contributed by atoms with Crippen molar-refractivity contribution in [3.05, 3.63) is 31.8 Å². The number of nitrogens with two attached hydrogens (primary N) is 1. The standard InChI is InChI=1S/C13H16BrIN2O/c14-10-6-5-8(15)7-9(10)13(18)17-12-4-2-1-3-11(12)16/h5-7,11-12H,1-4,16H2,(H,17,18). The average molecular weight is 423 g/mol. The third-order valence-electron chi connectivity index (χ3n) is 3.31. The second kappa shape index (κ2) is 6.34. The van der Waals surface area contributed by atoms with E-state index >= 15 is 0 Å². The van der Waals surface area contributed by atoms with Crippen LogP contribution in [0.1, 0.15) is 36.0 Å². The van der Waals surface area contributed by atoms with Crippen LogP contribution in [0.15, 0.2) is 22.7 Å². The lowest BCUT2D eigenvalue weighted by Crippen LogP contribution is -2.49. The quantitative estimate of drug-likeness (QED) is 0.719. The zero-order chi connectivity index (χ0) is 13.1. The molecular formula is C13H16BrIN2O. The van der Waals surface area contributed by atoms with Gasteiger partial charge in [0, 0.05) is 20.1 Å². The summed E-state index contributed by atoms with van der Waals surface area (Å²) in [7, 11) is 0. The molecule has 18 heavy (non-hydrogen) atoms. The van der Waals surface area contributed by atoms with Crippen LogP contribution in [-0.2, 0) is 0 Å². The summed E-state index contributed by atoms with van der Waals surface area (Å²) in [6.45, 7) is 0. The lowest BCUT2D eigenvalue weighted by atomic mass is 9.91. The van der Waals surface area contributed by atoms with Crippen LogP contribution < -0.4 is 11.1 Å². The molecule has 2 atom stereocenters. The minimum atomic E-state index is -0.0391. The van der Waals surface area contributed by atoms with Gasteiger partial charge in [0.05, 0.1) is 5.56 Å². The van der Waals surface area contributed by atoms with Crippen molar-refractivity contribution in [3.63, 3.8) is 0 Å². The molecule has 2 rings (SSSR count). The van der Waals surface area contributed by atoms with E-state index in [9.17, 15) is 4.79 Å². The maximum Gasteiger partial charge on any atom is 0.252 e. The molecule has 1 aromatic carbocycles. The van der Waals surface area contributed by atoms with Gasteiger partial charge >= 0.3 is 0 Å². The van der Waals surface area contributed by atoms with Gasteiger partial charge in [0.25, 0.3) is 5.91 Å². The van der Waals surface area contributed by atoms with Gasteiger partial charge in [0.1, 0.15) is 0 Å². The highest BCUT2D eigenvalue weighted by molar-refractivity contribution is 14.1. The summed E-state index contributed by atoms with van der Waals surface area (Å²) in [5.74, 6) is -0.0391. The molecule has 3 N–H and O–H groups in total. The molecule has 0 spiro atoms. The molecule has 0 aromatic heterocycles. The normalized spacial score (nSPS) is 23.7. The Labute approximate surface area is 129 Å². The average Bonchev–Trinajstić information content (AvgIpc) is 2.35. The molecular weight excluding hydrogens is 407 g/mol. The summed E-state index contributed by atoms with van der Waals surface area (Å²) in [5, 5.41) is 3.06. The molecule has 3 nitrogen and oxygen atoms in total. The minimum absolute atomic E-state index is 0.0391. The highest BCUT2D eigenvalue weighted by Crippen LogP contribution is 2.21. The fraction of sp³-hybridized carbons (Fsp3) is 0.462. The van der Waals surface area contributed by atoms with Crippen molar-refractivity contribution in [1.82, 2.24) is 5.32 Å². The SMILES string of the molecule is NC1CCCCC1NC(=O)c1cc(I)ccc1Br. The number of benzene rings is 1. The molecule has 1 fully saturated rings. The number of hydrogen-bond donors (Lipinski definition) is 2. The predicted octanol–water partition coefficient (Wildman–Crippen LogP) is 3.05. The molecule has 1 aliphatic rings. The maximum absolute atomic E-state index is 12.2. The summed E-state index contributed by atoms with van der Waals surface area (Å²) in [5.41, 5.74) is 6.73. The second-order valence-corrected chi connectivity index (χ2v) is 6.75. The number of amides is 1. The van der Waals surface area contributed by atoms with E-state index in [2.05, 4.69) is 43.8 Å². The Bertz CT molecular complexity index is 453. The highest BCUT2D eigenvalue weighted by Gasteiger charge is 2.24. The van der Waals surface area contributed by atoms with Gasteiger partial charge < -0.3 is 11.1 Å². The lowest BCUT2D eigenvalue weighted by Gasteiger charge is -2.29. The molecule has 0 radical (unpaired) electrons. The van der Waals surface area contributed by atoms with Crippen LogP contribution in [-0.4, -0.2) is 18.0 Å². The van der Waals surface area contributed by atoms with Crippen molar-refractivity contribution in [3.8, 4) is 0 Å². The first-order valence-corrected chi connectivity index (χ1v) is 7.96. The molecule has 5 heteroatoms. The van der Waals surface area contributed by atoms with Crippen LogP contribution >= 0.6 is 38.5 Å². The van der Waals surface area contributed by atoms with E-state index in [1.165, 1.54) is 6.42 Å². The third kappa shape index (κ3) is 3.45. The van der Waals surface area contributed by atoms with E-state index in [0.29, 0.717) is 5.56 Å². The zero-order valence-electron chi connectivity index (χ0n) is 9.96. The molecule has 0 bridgehead atoms. The Morgan fingerprint density at radius 1 is 1.39 bits per heavy atom. The van der Waals surface area contributed by atoms with Crippen molar-refractivity contribution in [2.24, 2.45) is 5.73 Å². The van der Waals surface area contributed by atoms with Crippen molar-refractivity contribution in [1.29, 1.82) is 0 Å². The Morgan fingerprint density at radius 2 is 2.11 bits per heavy atom. The number of nitrogens with one attached hydrogen (secondary N) is 1. The topological polar surface area (TPSA) is 55.1 Å². The summed E-state index contributed by atoms with van der Waals surface area (Å²) in [6.07, 6.45) is 4.29. The highest BCUT2D eigenvalue weighted by atomic mass is 127. The van der Waals surface area contributed by atoms with Gasteiger partial charge in [-0.25, -0.2) is 0 Å². The predicted molar refractivity (Wildman–Crippen MR) is 84.6 cm³/mol. The maximum atomic E-state index is 12.2. The van der Waals surface area contributed by atoms with Crippen LogP contribution in [0, 0.1) is 3.57 Å². The Balaban J connectivity index is 2.09. The molecule has 1 saturated carbocycles. The van der Waals surface area contributed by atoms with Gasteiger partial charge in [0.2, 0.25) is 0 Å². The van der Waals surface area contributed by atoms with Gasteiger partial charge in [-0.1, -0.05) is 12.8 Å². The van der Waals surface area contributed by atoms with Gasteiger partial charge in [-0.05, 0) is 69.6 Å². The first-order chi connectivity index (χ1) is 8.58. The van der Waals surface area contributed by atoms with E-state index in [-0.39, 0.29) is 18.0 Å². The summed E-state index contributed by atoms with van der Waals surface area (Å²) >= 11 is 5.62. The number of rotatable bonds is 2. The summed E-state index contributed by atoms with van der Waals surface area (Å²) < 4.78 is 1.87. The van der Waals surface area contributed by atoms with E-state index < -0.39 is 0 Å². The molecule has 98 valence electrons. The monoisotopic (exact) mass is 422 g/mol. The molecule has 1 amide bonds. The van der Waals surface area contributed by atoms with Crippen LogP contribution in [0.25, 0.3) is 0 Å². The van der Waals surface area contributed by atoms with Crippen LogP contribution in [0.3, 0.4) is 0 Å². The van der Waals surface area contributed by atoms with E-state index in [1.807, 2.05) is 18.2 Å². The van der Waals surface area contributed by atoms with Gasteiger partial charge in [-0.3, -0.25) is 4.79 Å². The zero-order valence-corrected chi connectivity index (χ0v) is 13.7. The largest absolute Gasteiger partial charge is 0.348 e. The molecule has 0 heterocycles. The molecule has 1 aromatic rings. The van der Waals surface area contributed by atoms with E-state index in [0.717, 1.165) is 27.3 Å². The second-order valence-electron chi connectivity index (χ2n) is 4.65. The summed E-state index contributed by atoms with van der Waals surface area (Å²) in [6, 6.07) is 5.94. The first-order valence-electron chi connectivity index (χ1n) is 6.09. The molecule has 0 saturated heterocycles. The van der Waals surface area contributed by atoms with E-state index in [1.54, 1.807) is 0 Å². The van der Waals surface area contributed by atoms with Crippen molar-refractivity contribution in [2.45, 2.75) is 37.8 Å². The smallest absolute Gasteiger partial charge is 0.252 e. The molecule has 0 aliphatic heterocycles. The van der Waals surface area contributed by atoms with Gasteiger partial charge in [-0.15, -0.1) is 0 Å². The first kappa shape index (κ1) is 14.3.